The number of hydrogen-bond acceptors (Lipinski definition) is 6. The van der Waals surface area contributed by atoms with Crippen molar-refractivity contribution in [3.05, 3.63) is 12.2 Å². The van der Waals surface area contributed by atoms with Gasteiger partial charge in [0, 0.05) is 19.6 Å². The van der Waals surface area contributed by atoms with Gasteiger partial charge in [-0.05, 0) is 71.5 Å². The third-order valence-corrected chi connectivity index (χ3v) is 5.47. The summed E-state index contributed by atoms with van der Waals surface area (Å²) in [4.78, 5) is 50.1. The van der Waals surface area contributed by atoms with Crippen molar-refractivity contribution in [3.63, 3.8) is 0 Å². The highest BCUT2D eigenvalue weighted by molar-refractivity contribution is 5.88. The molecule has 0 radical (unpaired) electrons. The van der Waals surface area contributed by atoms with E-state index in [2.05, 4.69) is 16.0 Å². The SMILES string of the molecule is CC(C)(C)OC(=O)NC(CNC(=O)C1CCCN(C(=O)/C=C/C2CCNCC2)C1)C(=O)O. The molecule has 32 heavy (non-hydrogen) atoms. The second-order valence-electron chi connectivity index (χ2n) is 9.35. The fourth-order valence-corrected chi connectivity index (χ4v) is 3.75. The maximum Gasteiger partial charge on any atom is 0.408 e. The molecular weight excluding hydrogens is 416 g/mol. The molecule has 0 aliphatic carbocycles. The fraction of sp³-hybridized carbons (Fsp3) is 0.727. The fourth-order valence-electron chi connectivity index (χ4n) is 3.75. The summed E-state index contributed by atoms with van der Waals surface area (Å²) in [5.74, 6) is -1.73. The summed E-state index contributed by atoms with van der Waals surface area (Å²) in [6.45, 7) is 7.53. The molecule has 2 aliphatic rings. The van der Waals surface area contributed by atoms with E-state index in [-0.39, 0.29) is 18.4 Å². The number of carboxylic acid groups (broad SMARTS) is 1. The highest BCUT2D eigenvalue weighted by atomic mass is 16.6. The number of allylic oxidation sites excluding steroid dienone is 1. The number of piperidine rings is 2. The number of likely N-dealkylation sites (tertiary alicyclic amines) is 1. The number of ether oxygens (including phenoxy) is 1. The van der Waals surface area contributed by atoms with Gasteiger partial charge in [-0.2, -0.15) is 0 Å². The van der Waals surface area contributed by atoms with Crippen LogP contribution in [0.5, 0.6) is 0 Å². The first-order valence-corrected chi connectivity index (χ1v) is 11.2. The lowest BCUT2D eigenvalue weighted by atomic mass is 9.96. The van der Waals surface area contributed by atoms with E-state index in [4.69, 9.17) is 4.74 Å². The molecule has 0 spiro atoms. The summed E-state index contributed by atoms with van der Waals surface area (Å²) in [6, 6.07) is -1.32. The maximum atomic E-state index is 12.6. The highest BCUT2D eigenvalue weighted by Gasteiger charge is 2.30. The topological polar surface area (TPSA) is 137 Å². The highest BCUT2D eigenvalue weighted by Crippen LogP contribution is 2.18. The normalized spacial score (nSPS) is 21.1. The Labute approximate surface area is 189 Å². The molecule has 180 valence electrons. The van der Waals surface area contributed by atoms with Gasteiger partial charge in [0.1, 0.15) is 11.6 Å². The summed E-state index contributed by atoms with van der Waals surface area (Å²) in [5, 5.41) is 17.5. The number of carboxylic acids is 1. The molecule has 3 amide bonds. The minimum atomic E-state index is -1.32. The average Bonchev–Trinajstić information content (AvgIpc) is 2.74. The van der Waals surface area contributed by atoms with E-state index in [1.807, 2.05) is 6.08 Å². The van der Waals surface area contributed by atoms with E-state index in [1.165, 1.54) is 0 Å². The zero-order valence-electron chi connectivity index (χ0n) is 19.2. The molecule has 2 rings (SSSR count). The van der Waals surface area contributed by atoms with Crippen LogP contribution < -0.4 is 16.0 Å². The van der Waals surface area contributed by atoms with Crippen LogP contribution in [0, 0.1) is 11.8 Å². The van der Waals surface area contributed by atoms with E-state index in [9.17, 15) is 24.3 Å². The second-order valence-corrected chi connectivity index (χ2v) is 9.35. The molecule has 0 aromatic rings. The molecule has 2 saturated heterocycles. The van der Waals surface area contributed by atoms with E-state index in [0.717, 1.165) is 25.9 Å². The first-order chi connectivity index (χ1) is 15.0. The Morgan fingerprint density at radius 3 is 2.50 bits per heavy atom. The Kier molecular flexibility index (Phi) is 9.49. The molecule has 4 N–H and O–H groups in total. The number of amides is 3. The summed E-state index contributed by atoms with van der Waals surface area (Å²) in [6.07, 6.45) is 6.05. The molecule has 0 saturated carbocycles. The average molecular weight is 453 g/mol. The van der Waals surface area contributed by atoms with Crippen LogP contribution in [-0.4, -0.2) is 78.3 Å². The van der Waals surface area contributed by atoms with Gasteiger partial charge >= 0.3 is 12.1 Å². The lowest BCUT2D eigenvalue weighted by molar-refractivity contribution is -0.139. The van der Waals surface area contributed by atoms with Crippen LogP contribution in [0.2, 0.25) is 0 Å². The van der Waals surface area contributed by atoms with Gasteiger partial charge in [-0.1, -0.05) is 6.08 Å². The van der Waals surface area contributed by atoms with Crippen molar-refractivity contribution in [2.24, 2.45) is 11.8 Å². The first-order valence-electron chi connectivity index (χ1n) is 11.2. The van der Waals surface area contributed by atoms with Crippen molar-refractivity contribution in [2.75, 3.05) is 32.7 Å². The van der Waals surface area contributed by atoms with Gasteiger partial charge in [0.05, 0.1) is 5.92 Å². The zero-order valence-corrected chi connectivity index (χ0v) is 19.2. The standard InChI is InChI=1S/C22H36N4O6/c1-22(2,3)32-21(31)25-17(20(29)30)13-24-19(28)16-5-4-12-26(14-16)18(27)7-6-15-8-10-23-11-9-15/h6-7,15-17,23H,4-5,8-14H2,1-3H3,(H,24,28)(H,25,31)(H,29,30)/b7-6+. The van der Waals surface area contributed by atoms with Crippen molar-refractivity contribution < 1.29 is 29.0 Å². The first kappa shape index (κ1) is 25.6. The molecule has 2 heterocycles. The number of hydrogen-bond donors (Lipinski definition) is 4. The van der Waals surface area contributed by atoms with Gasteiger partial charge in [0.2, 0.25) is 11.8 Å². The largest absolute Gasteiger partial charge is 0.480 e. The van der Waals surface area contributed by atoms with Gasteiger partial charge in [0.15, 0.2) is 0 Å². The van der Waals surface area contributed by atoms with Crippen LogP contribution in [0.4, 0.5) is 4.79 Å². The molecule has 0 bridgehead atoms. The van der Waals surface area contributed by atoms with Crippen LogP contribution in [0.15, 0.2) is 12.2 Å². The number of nitrogens with one attached hydrogen (secondary N) is 3. The van der Waals surface area contributed by atoms with Gasteiger partial charge in [-0.3, -0.25) is 9.59 Å². The predicted molar refractivity (Wildman–Crippen MR) is 118 cm³/mol. The van der Waals surface area contributed by atoms with Crippen molar-refractivity contribution >= 4 is 23.9 Å². The Bertz CT molecular complexity index is 712. The van der Waals surface area contributed by atoms with Crippen molar-refractivity contribution in [1.29, 1.82) is 0 Å². The van der Waals surface area contributed by atoms with Gasteiger partial charge < -0.3 is 30.7 Å². The summed E-state index contributed by atoms with van der Waals surface area (Å²) in [7, 11) is 0. The predicted octanol–water partition coefficient (Wildman–Crippen LogP) is 0.875. The zero-order chi connectivity index (χ0) is 23.7. The van der Waals surface area contributed by atoms with E-state index in [1.54, 1.807) is 31.7 Å². The van der Waals surface area contributed by atoms with Crippen LogP contribution in [0.1, 0.15) is 46.5 Å². The molecule has 10 nitrogen and oxygen atoms in total. The van der Waals surface area contributed by atoms with E-state index < -0.39 is 29.6 Å². The number of carbonyl (C=O) groups excluding carboxylic acids is 3. The van der Waals surface area contributed by atoms with E-state index in [0.29, 0.717) is 31.8 Å². The monoisotopic (exact) mass is 452 g/mol. The molecule has 10 heteroatoms. The minimum absolute atomic E-state index is 0.101. The minimum Gasteiger partial charge on any atom is -0.480 e. The van der Waals surface area contributed by atoms with Crippen LogP contribution >= 0.6 is 0 Å². The van der Waals surface area contributed by atoms with E-state index >= 15 is 0 Å². The van der Waals surface area contributed by atoms with Crippen molar-refractivity contribution in [2.45, 2.75) is 58.1 Å². The third-order valence-electron chi connectivity index (χ3n) is 5.47. The number of rotatable bonds is 7. The number of carbonyl (C=O) groups is 4. The molecule has 2 fully saturated rings. The molecule has 2 unspecified atom stereocenters. The van der Waals surface area contributed by atoms with Gasteiger partial charge in [0.25, 0.3) is 0 Å². The van der Waals surface area contributed by atoms with Gasteiger partial charge in [-0.25, -0.2) is 9.59 Å². The number of nitrogens with zero attached hydrogens (tertiary/aromatic N) is 1. The molecular formula is C22H36N4O6. The summed E-state index contributed by atoms with van der Waals surface area (Å²) in [5.41, 5.74) is -0.767. The smallest absolute Gasteiger partial charge is 0.408 e. The Hall–Kier alpha value is -2.62. The summed E-state index contributed by atoms with van der Waals surface area (Å²) < 4.78 is 5.07. The van der Waals surface area contributed by atoms with Gasteiger partial charge in [-0.15, -0.1) is 0 Å². The molecule has 2 aliphatic heterocycles. The third kappa shape index (κ3) is 8.86. The van der Waals surface area contributed by atoms with Crippen molar-refractivity contribution in [1.82, 2.24) is 20.9 Å². The molecule has 2 atom stereocenters. The lowest BCUT2D eigenvalue weighted by Crippen LogP contribution is -2.52. The molecule has 0 aromatic carbocycles. The van der Waals surface area contributed by atoms with Crippen molar-refractivity contribution in [3.8, 4) is 0 Å². The summed E-state index contributed by atoms with van der Waals surface area (Å²) >= 11 is 0. The Balaban J connectivity index is 1.83. The lowest BCUT2D eigenvalue weighted by Gasteiger charge is -2.31. The quantitative estimate of drug-likeness (QED) is 0.421. The molecule has 0 aromatic heterocycles. The Morgan fingerprint density at radius 2 is 1.88 bits per heavy atom. The maximum absolute atomic E-state index is 12.6. The number of alkyl carbamates (subject to hydrolysis) is 1. The van der Waals surface area contributed by atoms with Crippen LogP contribution in [-0.2, 0) is 19.1 Å². The van der Waals surface area contributed by atoms with Crippen LogP contribution in [0.3, 0.4) is 0 Å². The number of aliphatic carboxylic acids is 1. The Morgan fingerprint density at radius 1 is 1.19 bits per heavy atom. The van der Waals surface area contributed by atoms with Crippen LogP contribution in [0.25, 0.3) is 0 Å². The second kappa shape index (κ2) is 11.8.